The van der Waals surface area contributed by atoms with Crippen LogP contribution < -0.4 is 0 Å². The highest BCUT2D eigenvalue weighted by atomic mass is 16.4. The highest BCUT2D eigenvalue weighted by molar-refractivity contribution is 5.78. The Morgan fingerprint density at radius 3 is 2.05 bits per heavy atom. The predicted molar refractivity (Wildman–Crippen MR) is 74.3 cm³/mol. The van der Waals surface area contributed by atoms with Gasteiger partial charge in [-0.2, -0.15) is 0 Å². The van der Waals surface area contributed by atoms with E-state index in [0.717, 1.165) is 13.1 Å². The van der Waals surface area contributed by atoms with E-state index in [0.29, 0.717) is 24.9 Å². The molecule has 3 rings (SSSR count). The molecule has 3 fully saturated rings. The number of amides is 2. The molecular formula is C15H24N2O3. The van der Waals surface area contributed by atoms with E-state index < -0.39 is 11.9 Å². The topological polar surface area (TPSA) is 60.9 Å². The smallest absolute Gasteiger partial charge is 0.320 e. The Bertz CT molecular complexity index is 390. The van der Waals surface area contributed by atoms with E-state index in [9.17, 15) is 14.7 Å². The SMILES string of the molecule is CC1CN(C(=O)N(CC2CC2)CC2CC2)CC1C(=O)O. The van der Waals surface area contributed by atoms with Gasteiger partial charge in [-0.25, -0.2) is 4.79 Å². The highest BCUT2D eigenvalue weighted by Crippen LogP contribution is 2.35. The average Bonchev–Trinajstić information content (AvgIpc) is 3.30. The van der Waals surface area contributed by atoms with Crippen LogP contribution >= 0.6 is 0 Å². The summed E-state index contributed by atoms with van der Waals surface area (Å²) in [6, 6.07) is 0.0689. The van der Waals surface area contributed by atoms with Crippen LogP contribution in [0.1, 0.15) is 32.6 Å². The molecular weight excluding hydrogens is 256 g/mol. The lowest BCUT2D eigenvalue weighted by Gasteiger charge is -2.28. The normalized spacial score (nSPS) is 29.6. The molecule has 2 aliphatic carbocycles. The molecule has 0 aromatic carbocycles. The summed E-state index contributed by atoms with van der Waals surface area (Å²) >= 11 is 0. The maximum atomic E-state index is 12.6. The van der Waals surface area contributed by atoms with Gasteiger partial charge >= 0.3 is 12.0 Å². The molecule has 2 amide bonds. The first-order valence-electron chi connectivity index (χ1n) is 7.81. The summed E-state index contributed by atoms with van der Waals surface area (Å²) in [6.45, 7) is 4.64. The first kappa shape index (κ1) is 13.7. The zero-order valence-electron chi connectivity index (χ0n) is 12.1. The number of urea groups is 1. The number of likely N-dealkylation sites (tertiary alicyclic amines) is 1. The van der Waals surface area contributed by atoms with E-state index in [1.807, 2.05) is 11.8 Å². The van der Waals surface area contributed by atoms with Crippen molar-refractivity contribution in [2.75, 3.05) is 26.2 Å². The van der Waals surface area contributed by atoms with Gasteiger partial charge in [-0.1, -0.05) is 6.92 Å². The maximum absolute atomic E-state index is 12.6. The van der Waals surface area contributed by atoms with Gasteiger partial charge in [-0.05, 0) is 43.4 Å². The van der Waals surface area contributed by atoms with E-state index in [-0.39, 0.29) is 11.9 Å². The molecule has 2 saturated carbocycles. The Labute approximate surface area is 119 Å². The predicted octanol–water partition coefficient (Wildman–Crippen LogP) is 1.88. The summed E-state index contributed by atoms with van der Waals surface area (Å²) in [4.78, 5) is 27.6. The van der Waals surface area contributed by atoms with Crippen molar-refractivity contribution in [3.8, 4) is 0 Å². The second kappa shape index (κ2) is 5.26. The Morgan fingerprint density at radius 2 is 1.65 bits per heavy atom. The minimum Gasteiger partial charge on any atom is -0.481 e. The minimum absolute atomic E-state index is 0.0557. The summed E-state index contributed by atoms with van der Waals surface area (Å²) in [5, 5.41) is 9.18. The molecule has 3 aliphatic rings. The van der Waals surface area contributed by atoms with Crippen molar-refractivity contribution >= 4 is 12.0 Å². The van der Waals surface area contributed by atoms with Gasteiger partial charge in [0.15, 0.2) is 0 Å². The molecule has 112 valence electrons. The van der Waals surface area contributed by atoms with Gasteiger partial charge in [0.25, 0.3) is 0 Å². The standard InChI is InChI=1S/C15H24N2O3/c1-10-6-16(9-13(10)14(18)19)15(20)17(7-11-2-3-11)8-12-4-5-12/h10-13H,2-9H2,1H3,(H,18,19). The Balaban J connectivity index is 1.61. The molecule has 0 aromatic heterocycles. The molecule has 0 radical (unpaired) electrons. The third-order valence-corrected chi connectivity index (χ3v) is 4.82. The van der Waals surface area contributed by atoms with Crippen LogP contribution in [0.25, 0.3) is 0 Å². The van der Waals surface area contributed by atoms with Crippen LogP contribution in [0.3, 0.4) is 0 Å². The van der Waals surface area contributed by atoms with E-state index in [4.69, 9.17) is 0 Å². The Morgan fingerprint density at radius 1 is 1.10 bits per heavy atom. The van der Waals surface area contributed by atoms with Crippen LogP contribution in [0.2, 0.25) is 0 Å². The van der Waals surface area contributed by atoms with Gasteiger partial charge in [-0.15, -0.1) is 0 Å². The summed E-state index contributed by atoms with van der Waals surface area (Å²) in [5.41, 5.74) is 0. The third-order valence-electron chi connectivity index (χ3n) is 4.82. The van der Waals surface area contributed by atoms with Crippen molar-refractivity contribution in [1.82, 2.24) is 9.80 Å². The molecule has 0 bridgehead atoms. The molecule has 0 aromatic rings. The first-order valence-corrected chi connectivity index (χ1v) is 7.81. The molecule has 1 heterocycles. The van der Waals surface area contributed by atoms with E-state index >= 15 is 0 Å². The Hall–Kier alpha value is -1.26. The third kappa shape index (κ3) is 3.07. The fourth-order valence-electron chi connectivity index (χ4n) is 3.10. The van der Waals surface area contributed by atoms with Crippen molar-refractivity contribution in [3.63, 3.8) is 0 Å². The number of aliphatic carboxylic acids is 1. The van der Waals surface area contributed by atoms with Crippen molar-refractivity contribution in [2.24, 2.45) is 23.7 Å². The minimum atomic E-state index is -0.774. The summed E-state index contributed by atoms with van der Waals surface area (Å²) in [5.74, 6) is 0.257. The van der Waals surface area contributed by atoms with Gasteiger partial charge in [0.05, 0.1) is 5.92 Å². The molecule has 2 unspecified atom stereocenters. The second-order valence-electron chi connectivity index (χ2n) is 6.90. The van der Waals surface area contributed by atoms with Crippen LogP contribution in [0.5, 0.6) is 0 Å². The summed E-state index contributed by atoms with van der Waals surface area (Å²) < 4.78 is 0. The van der Waals surface area contributed by atoms with Crippen molar-refractivity contribution < 1.29 is 14.7 Å². The van der Waals surface area contributed by atoms with Crippen molar-refractivity contribution in [2.45, 2.75) is 32.6 Å². The van der Waals surface area contributed by atoms with Crippen LogP contribution in [0.4, 0.5) is 4.79 Å². The monoisotopic (exact) mass is 280 g/mol. The quantitative estimate of drug-likeness (QED) is 0.836. The zero-order valence-corrected chi connectivity index (χ0v) is 12.1. The maximum Gasteiger partial charge on any atom is 0.320 e. The van der Waals surface area contributed by atoms with Gasteiger partial charge < -0.3 is 14.9 Å². The average molecular weight is 280 g/mol. The van der Waals surface area contributed by atoms with Gasteiger partial charge in [0, 0.05) is 26.2 Å². The zero-order chi connectivity index (χ0) is 14.3. The lowest BCUT2D eigenvalue weighted by atomic mass is 9.99. The summed E-state index contributed by atoms with van der Waals surface area (Å²) in [6.07, 6.45) is 4.95. The molecule has 0 spiro atoms. The lowest BCUT2D eigenvalue weighted by Crippen LogP contribution is -2.44. The van der Waals surface area contributed by atoms with Crippen LogP contribution in [-0.4, -0.2) is 53.1 Å². The van der Waals surface area contributed by atoms with Crippen LogP contribution in [0, 0.1) is 23.7 Å². The second-order valence-corrected chi connectivity index (χ2v) is 6.90. The van der Waals surface area contributed by atoms with Crippen LogP contribution in [0.15, 0.2) is 0 Å². The van der Waals surface area contributed by atoms with Crippen LogP contribution in [-0.2, 0) is 4.79 Å². The number of hydrogen-bond donors (Lipinski definition) is 1. The van der Waals surface area contributed by atoms with Crippen molar-refractivity contribution in [3.05, 3.63) is 0 Å². The summed E-state index contributed by atoms with van der Waals surface area (Å²) in [7, 11) is 0. The molecule has 2 atom stereocenters. The number of nitrogens with zero attached hydrogens (tertiary/aromatic N) is 2. The highest BCUT2D eigenvalue weighted by Gasteiger charge is 2.40. The van der Waals surface area contributed by atoms with E-state index in [1.54, 1.807) is 4.90 Å². The molecule has 20 heavy (non-hydrogen) atoms. The molecule has 1 saturated heterocycles. The molecule has 1 aliphatic heterocycles. The number of carboxylic acid groups (broad SMARTS) is 1. The molecule has 5 heteroatoms. The lowest BCUT2D eigenvalue weighted by molar-refractivity contribution is -0.142. The number of rotatable bonds is 5. The first-order chi connectivity index (χ1) is 9.54. The Kier molecular flexibility index (Phi) is 3.61. The van der Waals surface area contributed by atoms with Crippen molar-refractivity contribution in [1.29, 1.82) is 0 Å². The molecule has 1 N–H and O–H groups in total. The fraction of sp³-hybridized carbons (Fsp3) is 0.867. The van der Waals surface area contributed by atoms with Gasteiger partial charge in [0.2, 0.25) is 0 Å². The fourth-order valence-corrected chi connectivity index (χ4v) is 3.10. The number of carboxylic acids is 1. The number of hydrogen-bond acceptors (Lipinski definition) is 2. The van der Waals surface area contributed by atoms with E-state index in [1.165, 1.54) is 25.7 Å². The molecule has 5 nitrogen and oxygen atoms in total. The largest absolute Gasteiger partial charge is 0.481 e. The van der Waals surface area contributed by atoms with E-state index in [2.05, 4.69) is 0 Å². The van der Waals surface area contributed by atoms with Gasteiger partial charge in [-0.3, -0.25) is 4.79 Å². The number of carbonyl (C=O) groups excluding carboxylic acids is 1. The van der Waals surface area contributed by atoms with Gasteiger partial charge in [0.1, 0.15) is 0 Å². The number of carbonyl (C=O) groups is 2.